The fourth-order valence-corrected chi connectivity index (χ4v) is 2.89. The Kier molecular flexibility index (Phi) is 25.7. The molecule has 0 heterocycles. The molecule has 0 aliphatic carbocycles. The smallest absolute Gasteiger partial charge is 0.317 e. The number of carbonyl (C=O) groups is 5. The summed E-state index contributed by atoms with van der Waals surface area (Å²) in [5.74, 6) is -5.04. The van der Waals surface area contributed by atoms with Crippen LogP contribution in [0.1, 0.15) is 26.2 Å². The molecule has 0 fully saturated rings. The van der Waals surface area contributed by atoms with Crippen molar-refractivity contribution < 1.29 is 84.3 Å². The van der Waals surface area contributed by atoms with Gasteiger partial charge in [-0.1, -0.05) is 19.8 Å². The standard InChI is InChI=1S/C19H34N4O9.Gd.Na/c1-2-3-4-5-20-15(24)10-22(12-17(27)28)8-6-21(11-16(25)26)7-9-23(13-18(29)30)14-19(31)32;;/h2-14H2,1H3,(H,20,24)(H,25,26)(H,27,28)(H,29,30)(H,31,32);;. The summed E-state index contributed by atoms with van der Waals surface area (Å²) in [5.41, 5.74) is 0. The number of carbonyl (C=O) groups excluding carboxylic acids is 1. The van der Waals surface area contributed by atoms with Gasteiger partial charge in [0.15, 0.2) is 0 Å². The molecule has 0 aromatic heterocycles. The zero-order chi connectivity index (χ0) is 24.5. The zero-order valence-electron chi connectivity index (χ0n) is 19.7. The molecule has 193 valence electrons. The van der Waals surface area contributed by atoms with Crippen LogP contribution in [0.4, 0.5) is 0 Å². The Labute approximate surface area is 253 Å². The molecule has 0 atom stereocenters. The number of rotatable bonds is 20. The second kappa shape index (κ2) is 23.0. The first-order valence-electron chi connectivity index (χ1n) is 10.3. The van der Waals surface area contributed by atoms with Gasteiger partial charge in [-0.05, 0) is 6.42 Å². The molecular formula is C19H34GdN4NaO9. The number of amides is 1. The van der Waals surface area contributed by atoms with Crippen molar-refractivity contribution in [3.8, 4) is 0 Å². The Hall–Kier alpha value is -0.445. The topological polar surface area (TPSA) is 188 Å². The predicted molar refractivity (Wildman–Crippen MR) is 118 cm³/mol. The Bertz CT molecular complexity index is 627. The number of hydrogen-bond donors (Lipinski definition) is 5. The number of hydrogen-bond acceptors (Lipinski definition) is 8. The van der Waals surface area contributed by atoms with Gasteiger partial charge in [-0.2, -0.15) is 0 Å². The van der Waals surface area contributed by atoms with Crippen molar-refractivity contribution in [2.24, 2.45) is 0 Å². The van der Waals surface area contributed by atoms with Crippen LogP contribution in [-0.2, 0) is 24.0 Å². The van der Waals surface area contributed by atoms with Crippen LogP contribution in [0.2, 0.25) is 0 Å². The molecule has 0 aliphatic heterocycles. The summed E-state index contributed by atoms with van der Waals surface area (Å²) in [4.78, 5) is 60.1. The quantitative estimate of drug-likeness (QED) is 0.0739. The number of nitrogens with zero attached hydrogens (tertiary/aromatic N) is 3. The van der Waals surface area contributed by atoms with Crippen molar-refractivity contribution in [1.82, 2.24) is 20.0 Å². The molecule has 0 bridgehead atoms. The van der Waals surface area contributed by atoms with Crippen molar-refractivity contribution in [3.05, 3.63) is 0 Å². The molecule has 0 rings (SSSR count). The van der Waals surface area contributed by atoms with Gasteiger partial charge in [0.2, 0.25) is 5.91 Å². The number of nitrogens with one attached hydrogen (secondary N) is 1. The summed E-state index contributed by atoms with van der Waals surface area (Å²) >= 11 is 0. The average Bonchev–Trinajstić information content (AvgIpc) is 2.65. The van der Waals surface area contributed by atoms with Crippen molar-refractivity contribution >= 4 is 59.3 Å². The normalized spacial score (nSPS) is 10.5. The SMILES string of the molecule is CCCCCNC(=O)CN(CCN(CCN(CC(=O)O)CC(=O)O)CC(=O)O)CC(=O)O.[Gd].[Na]. The van der Waals surface area contributed by atoms with Gasteiger partial charge >= 0.3 is 23.9 Å². The van der Waals surface area contributed by atoms with E-state index < -0.39 is 50.1 Å². The van der Waals surface area contributed by atoms with E-state index in [2.05, 4.69) is 5.32 Å². The van der Waals surface area contributed by atoms with Crippen LogP contribution in [0, 0.1) is 39.9 Å². The van der Waals surface area contributed by atoms with Crippen LogP contribution in [0.5, 0.6) is 0 Å². The van der Waals surface area contributed by atoms with Crippen LogP contribution in [0.25, 0.3) is 0 Å². The summed E-state index contributed by atoms with van der Waals surface area (Å²) in [6.07, 6.45) is 2.78. The van der Waals surface area contributed by atoms with Crippen molar-refractivity contribution in [1.29, 1.82) is 0 Å². The molecule has 0 aliphatic rings. The molecule has 0 unspecified atom stereocenters. The van der Waals surface area contributed by atoms with Gasteiger partial charge in [-0.3, -0.25) is 38.7 Å². The molecule has 1 amide bonds. The van der Waals surface area contributed by atoms with E-state index in [9.17, 15) is 24.0 Å². The van der Waals surface area contributed by atoms with Gasteiger partial charge in [0.05, 0.1) is 32.7 Å². The van der Waals surface area contributed by atoms with Gasteiger partial charge in [0.25, 0.3) is 0 Å². The number of carboxylic acids is 4. The fourth-order valence-electron chi connectivity index (χ4n) is 2.89. The van der Waals surface area contributed by atoms with Gasteiger partial charge in [-0.25, -0.2) is 0 Å². The Morgan fingerprint density at radius 3 is 1.35 bits per heavy atom. The van der Waals surface area contributed by atoms with E-state index >= 15 is 0 Å². The summed E-state index contributed by atoms with van der Waals surface area (Å²) in [6, 6.07) is 0. The minimum absolute atomic E-state index is 0. The largest absolute Gasteiger partial charge is 0.480 e. The summed E-state index contributed by atoms with van der Waals surface area (Å²) in [6.45, 7) is 0.724. The van der Waals surface area contributed by atoms with Crippen LogP contribution in [-0.4, -0.2) is 160 Å². The van der Waals surface area contributed by atoms with E-state index in [1.807, 2.05) is 6.92 Å². The molecule has 0 saturated carbocycles. The number of unbranched alkanes of at least 4 members (excludes halogenated alkanes) is 2. The van der Waals surface area contributed by atoms with Gasteiger partial charge in [0.1, 0.15) is 0 Å². The molecule has 15 heteroatoms. The third-order valence-electron chi connectivity index (χ3n) is 4.37. The van der Waals surface area contributed by atoms with E-state index in [1.54, 1.807) is 0 Å². The molecule has 13 nitrogen and oxygen atoms in total. The van der Waals surface area contributed by atoms with Crippen molar-refractivity contribution in [2.45, 2.75) is 26.2 Å². The molecule has 0 aromatic rings. The van der Waals surface area contributed by atoms with E-state index in [1.165, 1.54) is 9.80 Å². The Balaban J connectivity index is -0.00000480. The summed E-state index contributed by atoms with van der Waals surface area (Å²) in [5, 5.41) is 38.7. The predicted octanol–water partition coefficient (Wildman–Crippen LogP) is -1.84. The maximum atomic E-state index is 12.1. The monoisotopic (exact) mass is 643 g/mol. The van der Waals surface area contributed by atoms with Crippen LogP contribution < -0.4 is 5.32 Å². The molecule has 5 N–H and O–H groups in total. The molecule has 0 aromatic carbocycles. The minimum Gasteiger partial charge on any atom is -0.480 e. The van der Waals surface area contributed by atoms with E-state index in [0.29, 0.717) is 6.54 Å². The van der Waals surface area contributed by atoms with Gasteiger partial charge < -0.3 is 25.7 Å². The minimum atomic E-state index is -1.21. The zero-order valence-corrected chi connectivity index (χ0v) is 24.0. The van der Waals surface area contributed by atoms with Crippen LogP contribution in [0.15, 0.2) is 0 Å². The summed E-state index contributed by atoms with van der Waals surface area (Å²) < 4.78 is 0. The summed E-state index contributed by atoms with van der Waals surface area (Å²) in [7, 11) is 0. The first-order valence-corrected chi connectivity index (χ1v) is 10.3. The maximum absolute atomic E-state index is 12.1. The first kappa shape index (κ1) is 38.1. The van der Waals surface area contributed by atoms with Gasteiger partial charge in [0, 0.05) is 102 Å². The van der Waals surface area contributed by atoms with Crippen LogP contribution >= 0.6 is 0 Å². The van der Waals surface area contributed by atoms with Crippen LogP contribution in [0.3, 0.4) is 0 Å². The first-order chi connectivity index (χ1) is 15.0. The third-order valence-corrected chi connectivity index (χ3v) is 4.37. The second-order valence-electron chi connectivity index (χ2n) is 7.33. The molecule has 1 radical (unpaired) electrons. The van der Waals surface area contributed by atoms with E-state index in [0.717, 1.165) is 24.2 Å². The number of carboxylic acid groups (broad SMARTS) is 4. The van der Waals surface area contributed by atoms with Crippen molar-refractivity contribution in [2.75, 3.05) is 65.4 Å². The van der Waals surface area contributed by atoms with E-state index in [-0.39, 0.29) is 108 Å². The average molecular weight is 643 g/mol. The second-order valence-corrected chi connectivity index (χ2v) is 7.33. The van der Waals surface area contributed by atoms with E-state index in [4.69, 9.17) is 20.4 Å². The molecular weight excluding hydrogens is 608 g/mol. The molecule has 34 heavy (non-hydrogen) atoms. The maximum Gasteiger partial charge on any atom is 0.317 e. The number of aliphatic carboxylic acids is 4. The van der Waals surface area contributed by atoms with Gasteiger partial charge in [-0.15, -0.1) is 0 Å². The van der Waals surface area contributed by atoms with Crippen molar-refractivity contribution in [3.63, 3.8) is 0 Å². The Morgan fingerprint density at radius 1 is 0.618 bits per heavy atom. The third kappa shape index (κ3) is 23.3. The Morgan fingerprint density at radius 2 is 0.971 bits per heavy atom. The fraction of sp³-hybridized carbons (Fsp3) is 0.737. The molecule has 0 saturated heterocycles. The molecule has 0 spiro atoms.